The summed E-state index contributed by atoms with van der Waals surface area (Å²) in [5.74, 6) is -0.283. The monoisotopic (exact) mass is 302 g/mol. The summed E-state index contributed by atoms with van der Waals surface area (Å²) >= 11 is 0. The van der Waals surface area contributed by atoms with Crippen molar-refractivity contribution in [1.29, 1.82) is 0 Å². The Balaban J connectivity index is 2.15. The first-order valence-corrected chi connectivity index (χ1v) is 7.40. The molecule has 1 aliphatic heterocycles. The molecular formula is C17H19FN2O2. The summed E-state index contributed by atoms with van der Waals surface area (Å²) < 4.78 is 21.0. The van der Waals surface area contributed by atoms with Crippen LogP contribution in [-0.4, -0.2) is 24.3 Å². The van der Waals surface area contributed by atoms with E-state index < -0.39 is 5.60 Å². The van der Waals surface area contributed by atoms with Crippen LogP contribution < -0.4 is 10.9 Å². The maximum Gasteiger partial charge on any atom is 0.250 e. The van der Waals surface area contributed by atoms with Crippen LogP contribution in [0.25, 0.3) is 0 Å². The third-order valence-corrected chi connectivity index (χ3v) is 4.16. The van der Waals surface area contributed by atoms with Crippen LogP contribution in [0.5, 0.6) is 0 Å². The molecule has 0 radical (unpaired) electrons. The van der Waals surface area contributed by atoms with Gasteiger partial charge in [-0.05, 0) is 42.3 Å². The highest BCUT2D eigenvalue weighted by atomic mass is 19.1. The minimum atomic E-state index is -0.718. The van der Waals surface area contributed by atoms with Crippen LogP contribution in [0.1, 0.15) is 17.5 Å². The first-order chi connectivity index (χ1) is 10.6. The maximum absolute atomic E-state index is 13.3. The Morgan fingerprint density at radius 1 is 1.18 bits per heavy atom. The molecule has 1 fully saturated rings. The molecule has 116 valence electrons. The van der Waals surface area contributed by atoms with E-state index >= 15 is 0 Å². The van der Waals surface area contributed by atoms with Gasteiger partial charge in [0, 0.05) is 25.9 Å². The zero-order chi connectivity index (χ0) is 15.6. The molecule has 1 aliphatic rings. The third kappa shape index (κ3) is 2.69. The lowest BCUT2D eigenvalue weighted by atomic mass is 9.83. The molecule has 0 amide bonds. The van der Waals surface area contributed by atoms with Gasteiger partial charge in [-0.15, -0.1) is 0 Å². The maximum atomic E-state index is 13.3. The fraction of sp³-hybridized carbons (Fsp3) is 0.353. The van der Waals surface area contributed by atoms with E-state index in [-0.39, 0.29) is 11.4 Å². The molecule has 1 aromatic heterocycles. The number of nitrogens with one attached hydrogen (secondary N) is 1. The van der Waals surface area contributed by atoms with Crippen LogP contribution in [-0.2, 0) is 17.4 Å². The summed E-state index contributed by atoms with van der Waals surface area (Å²) in [7, 11) is 1.71. The average molecular weight is 302 g/mol. The predicted octanol–water partition coefficient (Wildman–Crippen LogP) is 1.78. The number of hydrogen-bond acceptors (Lipinski definition) is 3. The quantitative estimate of drug-likeness (QED) is 0.919. The number of rotatable bonds is 2. The van der Waals surface area contributed by atoms with Crippen LogP contribution in [0.4, 0.5) is 4.39 Å². The molecule has 1 atom stereocenters. The van der Waals surface area contributed by atoms with Crippen molar-refractivity contribution in [3.63, 3.8) is 0 Å². The number of nitrogens with zero attached hydrogens (tertiary/aromatic N) is 1. The minimum Gasteiger partial charge on any atom is -0.364 e. The lowest BCUT2D eigenvalue weighted by Crippen LogP contribution is -2.34. The number of hydrogen-bond donors (Lipinski definition) is 1. The number of halogens is 1. The molecule has 3 rings (SSSR count). The van der Waals surface area contributed by atoms with E-state index in [1.54, 1.807) is 31.4 Å². The van der Waals surface area contributed by atoms with Crippen molar-refractivity contribution in [3.05, 3.63) is 69.9 Å². The molecule has 1 N–H and O–H groups in total. The van der Waals surface area contributed by atoms with Crippen LogP contribution in [0.3, 0.4) is 0 Å². The van der Waals surface area contributed by atoms with Gasteiger partial charge in [0.15, 0.2) is 0 Å². The van der Waals surface area contributed by atoms with Crippen LogP contribution in [0.2, 0.25) is 0 Å². The molecule has 2 heterocycles. The summed E-state index contributed by atoms with van der Waals surface area (Å²) in [4.78, 5) is 12.0. The van der Waals surface area contributed by atoms with E-state index in [0.29, 0.717) is 13.0 Å². The van der Waals surface area contributed by atoms with Crippen molar-refractivity contribution in [2.75, 3.05) is 19.7 Å². The van der Waals surface area contributed by atoms with E-state index in [1.807, 2.05) is 6.07 Å². The Hall–Kier alpha value is -1.98. The second-order valence-corrected chi connectivity index (χ2v) is 5.55. The van der Waals surface area contributed by atoms with Gasteiger partial charge >= 0.3 is 0 Å². The predicted molar refractivity (Wildman–Crippen MR) is 82.3 cm³/mol. The molecule has 0 spiro atoms. The summed E-state index contributed by atoms with van der Waals surface area (Å²) in [5, 5.41) is 3.30. The van der Waals surface area contributed by atoms with Gasteiger partial charge in [-0.1, -0.05) is 12.1 Å². The van der Waals surface area contributed by atoms with Crippen molar-refractivity contribution in [2.24, 2.45) is 7.05 Å². The van der Waals surface area contributed by atoms with Crippen LogP contribution in [0, 0.1) is 5.82 Å². The zero-order valence-electron chi connectivity index (χ0n) is 12.5. The normalized spacial score (nSPS) is 22.3. The zero-order valence-corrected chi connectivity index (χ0v) is 12.5. The van der Waals surface area contributed by atoms with E-state index in [9.17, 15) is 9.18 Å². The lowest BCUT2D eigenvalue weighted by Gasteiger charge is -2.33. The average Bonchev–Trinajstić information content (AvgIpc) is 2.77. The number of aryl methyl sites for hydroxylation is 1. The molecule has 2 aromatic rings. The smallest absolute Gasteiger partial charge is 0.250 e. The largest absolute Gasteiger partial charge is 0.364 e. The Labute approximate surface area is 128 Å². The standard InChI is InChI=1S/C17H19FN2O2/c1-20-10-6-14(12-16(20)21)17(7-8-19-9-11-22-17)13-2-4-15(18)5-3-13/h2-6,10,12,19H,7-9,11H2,1H3. The number of benzene rings is 1. The molecular weight excluding hydrogens is 283 g/mol. The SMILES string of the molecule is Cn1ccc(C2(c3ccc(F)cc3)CCNCCO2)cc1=O. The topological polar surface area (TPSA) is 43.3 Å². The van der Waals surface area contributed by atoms with Gasteiger partial charge in [0.05, 0.1) is 6.61 Å². The third-order valence-electron chi connectivity index (χ3n) is 4.16. The number of aromatic nitrogens is 1. The fourth-order valence-corrected chi connectivity index (χ4v) is 2.90. The van der Waals surface area contributed by atoms with E-state index in [2.05, 4.69) is 5.32 Å². The molecule has 5 heteroatoms. The first-order valence-electron chi connectivity index (χ1n) is 7.40. The molecule has 0 saturated carbocycles. The van der Waals surface area contributed by atoms with Crippen molar-refractivity contribution >= 4 is 0 Å². The minimum absolute atomic E-state index is 0.0835. The van der Waals surface area contributed by atoms with Crippen molar-refractivity contribution in [3.8, 4) is 0 Å². The van der Waals surface area contributed by atoms with Gasteiger partial charge in [0.25, 0.3) is 5.56 Å². The second kappa shape index (κ2) is 6.02. The Morgan fingerprint density at radius 3 is 2.68 bits per heavy atom. The Morgan fingerprint density at radius 2 is 1.95 bits per heavy atom. The first kappa shape index (κ1) is 14.9. The summed E-state index contributed by atoms with van der Waals surface area (Å²) in [6.07, 6.45) is 2.43. The second-order valence-electron chi connectivity index (χ2n) is 5.55. The Bertz CT molecular complexity index is 701. The number of pyridine rings is 1. The van der Waals surface area contributed by atoms with Gasteiger partial charge < -0.3 is 14.6 Å². The Kier molecular flexibility index (Phi) is 4.09. The van der Waals surface area contributed by atoms with Crippen LogP contribution in [0.15, 0.2) is 47.4 Å². The number of ether oxygens (including phenoxy) is 1. The van der Waals surface area contributed by atoms with E-state index in [4.69, 9.17) is 4.74 Å². The summed E-state index contributed by atoms with van der Waals surface area (Å²) in [6.45, 7) is 2.06. The fourth-order valence-electron chi connectivity index (χ4n) is 2.90. The highest BCUT2D eigenvalue weighted by Gasteiger charge is 2.36. The highest BCUT2D eigenvalue weighted by Crippen LogP contribution is 2.37. The molecule has 1 aromatic carbocycles. The van der Waals surface area contributed by atoms with E-state index in [1.165, 1.54) is 16.7 Å². The molecule has 1 saturated heterocycles. The highest BCUT2D eigenvalue weighted by molar-refractivity contribution is 5.36. The van der Waals surface area contributed by atoms with Gasteiger partial charge in [-0.25, -0.2) is 4.39 Å². The van der Waals surface area contributed by atoms with Gasteiger partial charge in [0.1, 0.15) is 11.4 Å². The van der Waals surface area contributed by atoms with Crippen molar-refractivity contribution in [1.82, 2.24) is 9.88 Å². The lowest BCUT2D eigenvalue weighted by molar-refractivity contribution is -0.00955. The summed E-state index contributed by atoms with van der Waals surface area (Å²) in [5.41, 5.74) is 0.876. The van der Waals surface area contributed by atoms with Crippen LogP contribution >= 0.6 is 0 Å². The van der Waals surface area contributed by atoms with Crippen molar-refractivity contribution in [2.45, 2.75) is 12.0 Å². The van der Waals surface area contributed by atoms with Gasteiger partial charge in [-0.2, -0.15) is 0 Å². The molecule has 4 nitrogen and oxygen atoms in total. The van der Waals surface area contributed by atoms with E-state index in [0.717, 1.165) is 24.2 Å². The van der Waals surface area contributed by atoms with Gasteiger partial charge in [-0.3, -0.25) is 4.79 Å². The molecule has 0 aliphatic carbocycles. The molecule has 22 heavy (non-hydrogen) atoms. The molecule has 0 bridgehead atoms. The summed E-state index contributed by atoms with van der Waals surface area (Å²) in [6, 6.07) is 9.83. The molecule has 1 unspecified atom stereocenters. The van der Waals surface area contributed by atoms with Gasteiger partial charge in [0.2, 0.25) is 0 Å². The van der Waals surface area contributed by atoms with Crippen molar-refractivity contribution < 1.29 is 9.13 Å².